The molecule has 0 saturated carbocycles. The Hall–Kier alpha value is -3.00. The van der Waals surface area contributed by atoms with Crippen molar-refractivity contribution in [2.24, 2.45) is 0 Å². The highest BCUT2D eigenvalue weighted by molar-refractivity contribution is 6.29. The van der Waals surface area contributed by atoms with Crippen LogP contribution in [-0.2, 0) is 14.2 Å². The molecule has 2 saturated heterocycles. The highest BCUT2D eigenvalue weighted by atomic mass is 35.5. The lowest BCUT2D eigenvalue weighted by atomic mass is 10.1. The molecule has 0 bridgehead atoms. The molecular weight excluding hydrogens is 563 g/mol. The van der Waals surface area contributed by atoms with Crippen LogP contribution >= 0.6 is 23.2 Å². The third-order valence-electron chi connectivity index (χ3n) is 6.67. The predicted molar refractivity (Wildman–Crippen MR) is 132 cm³/mol. The van der Waals surface area contributed by atoms with Crippen molar-refractivity contribution in [3.63, 3.8) is 0 Å². The molecule has 2 aliphatic rings. The minimum Gasteiger partial charge on any atom is -0.394 e. The highest BCUT2D eigenvalue weighted by Gasteiger charge is 2.49. The number of imidazole rings is 2. The van der Waals surface area contributed by atoms with Gasteiger partial charge in [-0.25, -0.2) is 9.97 Å². The van der Waals surface area contributed by atoms with Gasteiger partial charge in [0.25, 0.3) is 0 Å². The number of aliphatic hydroxyl groups is 4. The smallest absolute Gasteiger partial charge is 0.226 e. The Morgan fingerprint density at radius 2 is 1.31 bits per heavy atom. The molecule has 8 atom stereocenters. The second-order valence-electron chi connectivity index (χ2n) is 8.99. The molecular formula is C20H22Cl2N10O7. The Bertz CT molecular complexity index is 1540. The maximum atomic E-state index is 11.1. The molecule has 39 heavy (non-hydrogen) atoms. The van der Waals surface area contributed by atoms with Crippen LogP contribution in [0.1, 0.15) is 12.5 Å². The first kappa shape index (κ1) is 26.2. The second-order valence-corrected chi connectivity index (χ2v) is 9.66. The third-order valence-corrected chi connectivity index (χ3v) is 7.01. The van der Waals surface area contributed by atoms with Crippen LogP contribution in [0.5, 0.6) is 0 Å². The fraction of sp³-hybridized carbons (Fsp3) is 0.500. The molecule has 4 aromatic heterocycles. The molecule has 0 radical (unpaired) electrons. The van der Waals surface area contributed by atoms with E-state index in [1.807, 2.05) is 0 Å². The summed E-state index contributed by atoms with van der Waals surface area (Å²) in [5.41, 5.74) is 12.6. The monoisotopic (exact) mass is 584 g/mol. The normalized spacial score (nSPS) is 31.1. The Kier molecular flexibility index (Phi) is 6.64. The molecule has 0 amide bonds. The van der Waals surface area contributed by atoms with Gasteiger partial charge in [-0.3, -0.25) is 9.13 Å². The molecule has 17 nitrogen and oxygen atoms in total. The number of hydrogen-bond donors (Lipinski definition) is 6. The molecule has 0 aliphatic carbocycles. The Labute approximate surface area is 227 Å². The van der Waals surface area contributed by atoms with Gasteiger partial charge in [-0.05, 0) is 23.2 Å². The summed E-state index contributed by atoms with van der Waals surface area (Å²) in [6, 6.07) is 0. The topological polar surface area (TPSA) is 248 Å². The summed E-state index contributed by atoms with van der Waals surface area (Å²) < 4.78 is 20.3. The zero-order valence-corrected chi connectivity index (χ0v) is 21.2. The van der Waals surface area contributed by atoms with Crippen molar-refractivity contribution in [1.29, 1.82) is 0 Å². The van der Waals surface area contributed by atoms with E-state index < -0.39 is 55.7 Å². The number of fused-ring (bicyclic) bond motifs is 2. The third kappa shape index (κ3) is 4.31. The van der Waals surface area contributed by atoms with E-state index in [2.05, 4.69) is 29.9 Å². The van der Waals surface area contributed by atoms with Crippen LogP contribution in [-0.4, -0.2) is 109 Å². The van der Waals surface area contributed by atoms with Crippen LogP contribution in [0.2, 0.25) is 10.6 Å². The first-order chi connectivity index (χ1) is 18.7. The lowest BCUT2D eigenvalue weighted by Crippen LogP contribution is -2.40. The number of aliphatic hydroxyl groups excluding tert-OH is 4. The predicted octanol–water partition coefficient (Wildman–Crippen LogP) is -1.61. The summed E-state index contributed by atoms with van der Waals surface area (Å²) in [4.78, 5) is 24.2. The van der Waals surface area contributed by atoms with Crippen LogP contribution in [0.4, 0.5) is 11.6 Å². The lowest BCUT2D eigenvalue weighted by Gasteiger charge is -2.23. The molecule has 4 aromatic rings. The summed E-state index contributed by atoms with van der Waals surface area (Å²) in [5.74, 6) is 0.0869. The SMILES string of the molecule is Nc1nc(Cl)nc2c1ncn2[C@@H]1O[C@H](CO[C@H]2[C@@H](O)[C@H](n3cnc4c(N)nc(Cl)nc43)O[C@@H]2CO)[C@@H](O)[C@H]1O. The van der Waals surface area contributed by atoms with E-state index in [1.165, 1.54) is 21.8 Å². The number of rotatable bonds is 6. The van der Waals surface area contributed by atoms with E-state index in [0.717, 1.165) is 0 Å². The van der Waals surface area contributed by atoms with E-state index in [-0.39, 0.29) is 51.1 Å². The van der Waals surface area contributed by atoms with E-state index in [1.54, 1.807) is 0 Å². The van der Waals surface area contributed by atoms with Gasteiger partial charge in [0.2, 0.25) is 10.6 Å². The maximum Gasteiger partial charge on any atom is 0.226 e. The average Bonchev–Trinajstić information content (AvgIpc) is 3.64. The van der Waals surface area contributed by atoms with Crippen molar-refractivity contribution >= 4 is 57.2 Å². The van der Waals surface area contributed by atoms with E-state index in [0.29, 0.717) is 0 Å². The van der Waals surface area contributed by atoms with Gasteiger partial charge in [-0.2, -0.15) is 19.9 Å². The fourth-order valence-electron chi connectivity index (χ4n) is 4.80. The number of ether oxygens (including phenoxy) is 3. The number of nitrogens with zero attached hydrogens (tertiary/aromatic N) is 8. The molecule has 6 rings (SSSR count). The largest absolute Gasteiger partial charge is 0.394 e. The second kappa shape index (κ2) is 9.88. The summed E-state index contributed by atoms with van der Waals surface area (Å²) >= 11 is 11.8. The van der Waals surface area contributed by atoms with Gasteiger partial charge >= 0.3 is 0 Å². The van der Waals surface area contributed by atoms with Gasteiger partial charge in [-0.1, -0.05) is 0 Å². The van der Waals surface area contributed by atoms with E-state index in [4.69, 9.17) is 48.9 Å². The van der Waals surface area contributed by atoms with Crippen molar-refractivity contribution in [3.8, 4) is 0 Å². The van der Waals surface area contributed by atoms with E-state index in [9.17, 15) is 20.4 Å². The highest BCUT2D eigenvalue weighted by Crippen LogP contribution is 2.36. The zero-order chi connectivity index (χ0) is 27.6. The first-order valence-electron chi connectivity index (χ1n) is 11.6. The van der Waals surface area contributed by atoms with Crippen molar-refractivity contribution in [1.82, 2.24) is 39.0 Å². The minimum atomic E-state index is -1.40. The van der Waals surface area contributed by atoms with Gasteiger partial charge in [0.05, 0.1) is 25.9 Å². The summed E-state index contributed by atoms with van der Waals surface area (Å²) in [7, 11) is 0. The summed E-state index contributed by atoms with van der Waals surface area (Å²) in [6.07, 6.45) is -6.65. The molecule has 6 heterocycles. The van der Waals surface area contributed by atoms with Gasteiger partial charge in [-0.15, -0.1) is 0 Å². The van der Waals surface area contributed by atoms with E-state index >= 15 is 0 Å². The Morgan fingerprint density at radius 3 is 1.85 bits per heavy atom. The number of halogens is 2. The number of nitrogen functional groups attached to an aromatic ring is 2. The molecule has 19 heteroatoms. The number of hydrogen-bond acceptors (Lipinski definition) is 15. The molecule has 8 N–H and O–H groups in total. The number of anilines is 2. The van der Waals surface area contributed by atoms with Gasteiger partial charge in [0, 0.05) is 0 Å². The molecule has 2 fully saturated rings. The minimum absolute atomic E-state index is 0.0404. The van der Waals surface area contributed by atoms with Gasteiger partial charge in [0.1, 0.15) is 47.7 Å². The Balaban J connectivity index is 1.19. The van der Waals surface area contributed by atoms with Crippen LogP contribution < -0.4 is 11.5 Å². The van der Waals surface area contributed by atoms with Gasteiger partial charge < -0.3 is 46.1 Å². The Morgan fingerprint density at radius 1 is 0.795 bits per heavy atom. The average molecular weight is 585 g/mol. The van der Waals surface area contributed by atoms with Crippen molar-refractivity contribution in [2.45, 2.75) is 49.1 Å². The molecule has 0 aromatic carbocycles. The standard InChI is InChI=1S/C20H22Cl2N10O7/c21-19-27-13(23)7-15(29-19)31(3-25-7)17-10(35)9(34)6(39-17)2-37-12-5(1-33)38-18(11(12)36)32-4-26-8-14(24)28-20(22)30-16(8)32/h3-6,9-12,17-18,33-36H,1-2H2,(H2,23,27,29)(H2,24,28,30)/t5-,6-,9-,10-,11-,12-,17-,18-/m1/s1. The number of aromatic nitrogens is 8. The van der Waals surface area contributed by atoms with Gasteiger partial charge in [0.15, 0.2) is 35.4 Å². The van der Waals surface area contributed by atoms with Crippen LogP contribution in [0, 0.1) is 0 Å². The molecule has 0 spiro atoms. The lowest BCUT2D eigenvalue weighted by molar-refractivity contribution is -0.110. The van der Waals surface area contributed by atoms with Crippen LogP contribution in [0.3, 0.4) is 0 Å². The maximum absolute atomic E-state index is 11.1. The molecule has 0 unspecified atom stereocenters. The summed E-state index contributed by atoms with van der Waals surface area (Å²) in [5, 5.41) is 42.1. The van der Waals surface area contributed by atoms with Crippen LogP contribution in [0.25, 0.3) is 22.3 Å². The fourth-order valence-corrected chi connectivity index (χ4v) is 5.14. The van der Waals surface area contributed by atoms with Crippen molar-refractivity contribution < 1.29 is 34.6 Å². The number of nitrogens with two attached hydrogens (primary N) is 2. The zero-order valence-electron chi connectivity index (χ0n) is 19.7. The summed E-state index contributed by atoms with van der Waals surface area (Å²) in [6.45, 7) is -0.774. The van der Waals surface area contributed by atoms with Crippen LogP contribution in [0.15, 0.2) is 12.7 Å². The van der Waals surface area contributed by atoms with Crippen molar-refractivity contribution in [3.05, 3.63) is 23.2 Å². The van der Waals surface area contributed by atoms with Crippen molar-refractivity contribution in [2.75, 3.05) is 24.7 Å². The quantitative estimate of drug-likeness (QED) is 0.139. The molecule has 208 valence electrons. The molecule has 2 aliphatic heterocycles. The first-order valence-corrected chi connectivity index (χ1v) is 12.3.